The zero-order valence-corrected chi connectivity index (χ0v) is 19.1. The molecule has 0 unspecified atom stereocenters. The van der Waals surface area contributed by atoms with Crippen LogP contribution in [0.15, 0.2) is 29.2 Å². The number of nitrogens with zero attached hydrogens (tertiary/aromatic N) is 1. The average molecular weight is 461 g/mol. The fourth-order valence-electron chi connectivity index (χ4n) is 6.26. The quantitative estimate of drug-likeness (QED) is 0.495. The van der Waals surface area contributed by atoms with E-state index >= 15 is 0 Å². The number of rotatable bonds is 5. The van der Waals surface area contributed by atoms with E-state index in [-0.39, 0.29) is 23.8 Å². The normalized spacial score (nSPS) is 33.6. The maximum Gasteiger partial charge on any atom is 0.266 e. The van der Waals surface area contributed by atoms with Crippen molar-refractivity contribution in [3.05, 3.63) is 39.8 Å². The van der Waals surface area contributed by atoms with Crippen LogP contribution in [0.4, 0.5) is 0 Å². The Kier molecular flexibility index (Phi) is 5.44. The molecule has 0 atom stereocenters. The molecule has 4 saturated carbocycles. The van der Waals surface area contributed by atoms with Gasteiger partial charge in [0.25, 0.3) is 5.91 Å². The van der Waals surface area contributed by atoms with Crippen LogP contribution in [0.1, 0.15) is 50.5 Å². The van der Waals surface area contributed by atoms with Gasteiger partial charge in [-0.2, -0.15) is 0 Å². The van der Waals surface area contributed by atoms with E-state index in [0.29, 0.717) is 20.8 Å². The second-order valence-corrected chi connectivity index (χ2v) is 11.4. The average Bonchev–Trinajstić information content (AvgIpc) is 2.93. The highest BCUT2D eigenvalue weighted by atomic mass is 35.5. The number of halogens is 1. The number of nitrogens with one attached hydrogen (secondary N) is 1. The molecule has 1 heterocycles. The molecule has 1 aromatic rings. The predicted octanol–water partition coefficient (Wildman–Crippen LogP) is 5.02. The van der Waals surface area contributed by atoms with E-state index in [9.17, 15) is 9.59 Å². The number of thioether (sulfide) groups is 1. The number of amides is 2. The van der Waals surface area contributed by atoms with Crippen LogP contribution < -0.4 is 5.32 Å². The number of carbonyl (C=O) groups excluding carboxylic acids is 2. The molecule has 1 saturated heterocycles. The predicted molar refractivity (Wildman–Crippen MR) is 125 cm³/mol. The third kappa shape index (κ3) is 3.94. The van der Waals surface area contributed by atoms with Crippen molar-refractivity contribution in [1.82, 2.24) is 10.2 Å². The fraction of sp³-hybridized carbons (Fsp3) is 0.522. The summed E-state index contributed by atoms with van der Waals surface area (Å²) in [4.78, 5) is 27.7. The number of benzene rings is 1. The topological polar surface area (TPSA) is 49.4 Å². The molecule has 7 heteroatoms. The van der Waals surface area contributed by atoms with Gasteiger partial charge in [-0.1, -0.05) is 53.8 Å². The van der Waals surface area contributed by atoms with Crippen LogP contribution >= 0.6 is 35.6 Å². The minimum absolute atomic E-state index is 0.00519. The molecule has 4 aliphatic carbocycles. The van der Waals surface area contributed by atoms with Gasteiger partial charge in [-0.25, -0.2) is 0 Å². The van der Waals surface area contributed by atoms with Gasteiger partial charge in [0.15, 0.2) is 0 Å². The molecule has 4 bridgehead atoms. The molecule has 1 aromatic carbocycles. The molecule has 5 aliphatic rings. The van der Waals surface area contributed by atoms with Crippen molar-refractivity contribution >= 4 is 57.8 Å². The van der Waals surface area contributed by atoms with Crippen LogP contribution in [0, 0.1) is 17.8 Å². The molecule has 0 aromatic heterocycles. The van der Waals surface area contributed by atoms with Crippen LogP contribution in [0.5, 0.6) is 0 Å². The lowest BCUT2D eigenvalue weighted by Crippen LogP contribution is -2.60. The van der Waals surface area contributed by atoms with Crippen LogP contribution in [0.3, 0.4) is 0 Å². The van der Waals surface area contributed by atoms with Crippen molar-refractivity contribution in [2.24, 2.45) is 17.8 Å². The molecule has 4 nitrogen and oxygen atoms in total. The van der Waals surface area contributed by atoms with Gasteiger partial charge < -0.3 is 5.32 Å². The Morgan fingerprint density at radius 3 is 2.47 bits per heavy atom. The lowest BCUT2D eigenvalue weighted by atomic mass is 9.53. The number of carbonyl (C=O) groups is 2. The van der Waals surface area contributed by atoms with Crippen LogP contribution in [0.25, 0.3) is 6.08 Å². The maximum atomic E-state index is 12.8. The SMILES string of the molecule is O=C(CCN1C(=O)C(=Cc2ccccc2Cl)SC1=S)NC12CC3CC(CC(C3)C1)C2. The first-order valence-corrected chi connectivity index (χ1v) is 12.3. The molecule has 1 aliphatic heterocycles. The van der Waals surface area contributed by atoms with Gasteiger partial charge in [0.1, 0.15) is 4.32 Å². The highest BCUT2D eigenvalue weighted by Crippen LogP contribution is 2.55. The van der Waals surface area contributed by atoms with Crippen LogP contribution in [0.2, 0.25) is 5.02 Å². The van der Waals surface area contributed by atoms with Gasteiger partial charge in [-0.15, -0.1) is 0 Å². The molecule has 2 amide bonds. The monoisotopic (exact) mass is 460 g/mol. The first-order chi connectivity index (χ1) is 14.4. The lowest BCUT2D eigenvalue weighted by molar-refractivity contribution is -0.127. The molecule has 0 radical (unpaired) electrons. The van der Waals surface area contributed by atoms with Crippen LogP contribution in [-0.4, -0.2) is 33.1 Å². The van der Waals surface area contributed by atoms with Crippen molar-refractivity contribution in [1.29, 1.82) is 0 Å². The first kappa shape index (κ1) is 20.5. The second kappa shape index (κ2) is 7.95. The molecule has 1 N–H and O–H groups in total. The summed E-state index contributed by atoms with van der Waals surface area (Å²) in [6.07, 6.45) is 9.51. The van der Waals surface area contributed by atoms with Crippen molar-refractivity contribution in [2.45, 2.75) is 50.5 Å². The summed E-state index contributed by atoms with van der Waals surface area (Å²) in [7, 11) is 0. The Bertz CT molecular complexity index is 910. The number of hydrogen-bond donors (Lipinski definition) is 1. The second-order valence-electron chi connectivity index (χ2n) is 9.35. The summed E-state index contributed by atoms with van der Waals surface area (Å²) in [6.45, 7) is 0.322. The number of thiocarbonyl (C=S) groups is 1. The Balaban J connectivity index is 1.20. The van der Waals surface area contributed by atoms with Crippen molar-refractivity contribution < 1.29 is 9.59 Å². The minimum atomic E-state index is -0.146. The van der Waals surface area contributed by atoms with Crippen molar-refractivity contribution in [2.75, 3.05) is 6.54 Å². The summed E-state index contributed by atoms with van der Waals surface area (Å²) >= 11 is 12.9. The fourth-order valence-corrected chi connectivity index (χ4v) is 7.75. The maximum absolute atomic E-state index is 12.8. The van der Waals surface area contributed by atoms with E-state index in [0.717, 1.165) is 42.6 Å². The Morgan fingerprint density at radius 2 is 1.83 bits per heavy atom. The van der Waals surface area contributed by atoms with E-state index in [1.807, 2.05) is 18.2 Å². The van der Waals surface area contributed by atoms with E-state index in [4.69, 9.17) is 23.8 Å². The largest absolute Gasteiger partial charge is 0.351 e. The molecular formula is C23H25ClN2O2S2. The van der Waals surface area contributed by atoms with E-state index in [1.165, 1.54) is 31.0 Å². The Hall–Kier alpha value is -1.37. The highest BCUT2D eigenvalue weighted by Gasteiger charge is 2.51. The molecule has 30 heavy (non-hydrogen) atoms. The summed E-state index contributed by atoms with van der Waals surface area (Å²) < 4.78 is 0.501. The summed E-state index contributed by atoms with van der Waals surface area (Å²) in [6, 6.07) is 7.40. The van der Waals surface area contributed by atoms with Gasteiger partial charge in [0, 0.05) is 23.5 Å². The molecule has 0 spiro atoms. The first-order valence-electron chi connectivity index (χ1n) is 10.7. The highest BCUT2D eigenvalue weighted by molar-refractivity contribution is 8.26. The van der Waals surface area contributed by atoms with Gasteiger partial charge in [0.2, 0.25) is 5.91 Å². The van der Waals surface area contributed by atoms with Crippen molar-refractivity contribution in [3.63, 3.8) is 0 Å². The molecular weight excluding hydrogens is 436 g/mol. The zero-order chi connectivity index (χ0) is 20.9. The third-order valence-corrected chi connectivity index (χ3v) is 8.79. The standard InChI is InChI=1S/C23H25ClN2O2S2/c24-18-4-2-1-3-17(18)10-19-21(28)26(22(29)30-19)6-5-20(27)25-23-11-14-7-15(12-23)9-16(8-14)13-23/h1-4,10,14-16H,5-9,11-13H2,(H,25,27). The van der Waals surface area contributed by atoms with E-state index < -0.39 is 0 Å². The lowest BCUT2D eigenvalue weighted by Gasteiger charge is -2.57. The van der Waals surface area contributed by atoms with Crippen molar-refractivity contribution in [3.8, 4) is 0 Å². The van der Waals surface area contributed by atoms with Gasteiger partial charge in [-0.3, -0.25) is 14.5 Å². The molecule has 158 valence electrons. The van der Waals surface area contributed by atoms with Crippen LogP contribution in [-0.2, 0) is 9.59 Å². The van der Waals surface area contributed by atoms with E-state index in [1.54, 1.807) is 17.0 Å². The smallest absolute Gasteiger partial charge is 0.266 e. The third-order valence-electron chi connectivity index (χ3n) is 7.07. The summed E-state index contributed by atoms with van der Waals surface area (Å²) in [5.74, 6) is 2.27. The summed E-state index contributed by atoms with van der Waals surface area (Å²) in [5.41, 5.74) is 0.796. The zero-order valence-electron chi connectivity index (χ0n) is 16.7. The van der Waals surface area contributed by atoms with Gasteiger partial charge in [0.05, 0.1) is 4.91 Å². The molecule has 6 rings (SSSR count). The Morgan fingerprint density at radius 1 is 1.20 bits per heavy atom. The Labute approximate surface area is 191 Å². The minimum Gasteiger partial charge on any atom is -0.351 e. The van der Waals surface area contributed by atoms with Gasteiger partial charge in [-0.05, 0) is 74.0 Å². The van der Waals surface area contributed by atoms with E-state index in [2.05, 4.69) is 5.32 Å². The number of hydrogen-bond acceptors (Lipinski definition) is 4. The summed E-state index contributed by atoms with van der Waals surface area (Å²) in [5, 5.41) is 3.97. The molecule has 5 fully saturated rings. The van der Waals surface area contributed by atoms with Gasteiger partial charge >= 0.3 is 0 Å².